The minimum absolute atomic E-state index is 0.502. The first-order valence-electron chi connectivity index (χ1n) is 6.10. The van der Waals surface area contributed by atoms with Crippen LogP contribution in [-0.2, 0) is 6.42 Å². The van der Waals surface area contributed by atoms with E-state index in [-0.39, 0.29) is 0 Å². The third-order valence-electron chi connectivity index (χ3n) is 2.77. The van der Waals surface area contributed by atoms with Crippen LogP contribution in [0.4, 0.5) is 0 Å². The number of nitrogens with zero attached hydrogens (tertiary/aromatic N) is 1. The number of pyridine rings is 1. The average Bonchev–Trinajstić information content (AvgIpc) is 2.39. The molecule has 1 unspecified atom stereocenters. The second-order valence-electron chi connectivity index (χ2n) is 4.21. The van der Waals surface area contributed by atoms with E-state index in [0.29, 0.717) is 5.88 Å². The number of aliphatic hydroxyl groups is 1. The molecule has 1 atom stereocenters. The molecule has 18 heavy (non-hydrogen) atoms. The molecule has 0 saturated heterocycles. The first kappa shape index (κ1) is 12.6. The van der Waals surface area contributed by atoms with E-state index in [1.807, 2.05) is 18.2 Å². The van der Waals surface area contributed by atoms with Gasteiger partial charge in [0.25, 0.3) is 0 Å². The largest absolute Gasteiger partial charge is 0.439 e. The van der Waals surface area contributed by atoms with Gasteiger partial charge in [-0.3, -0.25) is 0 Å². The Morgan fingerprint density at radius 2 is 2.11 bits per heavy atom. The summed E-state index contributed by atoms with van der Waals surface area (Å²) in [5, 5.41) is 9.51. The Bertz CT molecular complexity index is 523. The van der Waals surface area contributed by atoms with Crippen LogP contribution in [0.25, 0.3) is 0 Å². The highest BCUT2D eigenvalue weighted by atomic mass is 16.5. The van der Waals surface area contributed by atoms with Crippen molar-refractivity contribution in [3.8, 4) is 11.6 Å². The highest BCUT2D eigenvalue weighted by molar-refractivity contribution is 5.32. The summed E-state index contributed by atoms with van der Waals surface area (Å²) in [6, 6.07) is 11.5. The van der Waals surface area contributed by atoms with Gasteiger partial charge in [0.05, 0.1) is 6.10 Å². The fourth-order valence-electron chi connectivity index (χ4n) is 1.69. The smallest absolute Gasteiger partial charge is 0.219 e. The normalized spacial score (nSPS) is 12.2. The molecule has 0 aliphatic rings. The molecule has 0 bridgehead atoms. The van der Waals surface area contributed by atoms with Gasteiger partial charge in [-0.2, -0.15) is 0 Å². The summed E-state index contributed by atoms with van der Waals surface area (Å²) in [7, 11) is 0. The number of hydrogen-bond acceptors (Lipinski definition) is 3. The summed E-state index contributed by atoms with van der Waals surface area (Å²) < 4.78 is 5.69. The van der Waals surface area contributed by atoms with Crippen LogP contribution in [0.5, 0.6) is 11.6 Å². The summed E-state index contributed by atoms with van der Waals surface area (Å²) in [5.74, 6) is 1.27. The second-order valence-corrected chi connectivity index (χ2v) is 4.21. The van der Waals surface area contributed by atoms with Gasteiger partial charge in [-0.1, -0.05) is 19.1 Å². The van der Waals surface area contributed by atoms with Crippen LogP contribution < -0.4 is 4.74 Å². The topological polar surface area (TPSA) is 42.4 Å². The summed E-state index contributed by atoms with van der Waals surface area (Å²) >= 11 is 0. The van der Waals surface area contributed by atoms with Gasteiger partial charge in [0, 0.05) is 12.3 Å². The van der Waals surface area contributed by atoms with E-state index < -0.39 is 6.10 Å². The molecule has 94 valence electrons. The molecular weight excluding hydrogens is 226 g/mol. The monoisotopic (exact) mass is 243 g/mol. The molecule has 0 aliphatic carbocycles. The van der Waals surface area contributed by atoms with Crippen molar-refractivity contribution >= 4 is 0 Å². The van der Waals surface area contributed by atoms with Crippen LogP contribution in [-0.4, -0.2) is 10.1 Å². The van der Waals surface area contributed by atoms with Gasteiger partial charge in [0.15, 0.2) is 0 Å². The Morgan fingerprint density at radius 1 is 1.28 bits per heavy atom. The molecule has 0 radical (unpaired) electrons. The van der Waals surface area contributed by atoms with Crippen molar-refractivity contribution in [3.63, 3.8) is 0 Å². The molecule has 2 rings (SSSR count). The Labute approximate surface area is 107 Å². The van der Waals surface area contributed by atoms with Gasteiger partial charge >= 0.3 is 0 Å². The lowest BCUT2D eigenvalue weighted by molar-refractivity contribution is 0.198. The lowest BCUT2D eigenvalue weighted by Crippen LogP contribution is -1.94. The van der Waals surface area contributed by atoms with E-state index in [9.17, 15) is 5.11 Å². The standard InChI is InChI=1S/C15H17NO2/c1-3-12-5-4-6-14(9-12)18-15-10-13(11(2)17)7-8-16-15/h4-11,17H,3H2,1-2H3. The number of rotatable bonds is 4. The lowest BCUT2D eigenvalue weighted by Gasteiger charge is -2.09. The Balaban J connectivity index is 2.20. The summed E-state index contributed by atoms with van der Waals surface area (Å²) in [6.07, 6.45) is 2.09. The van der Waals surface area contributed by atoms with E-state index in [1.165, 1.54) is 5.56 Å². The number of aryl methyl sites for hydroxylation is 1. The third kappa shape index (κ3) is 3.08. The first-order valence-corrected chi connectivity index (χ1v) is 6.10. The number of hydrogen-bond donors (Lipinski definition) is 1. The van der Waals surface area contributed by atoms with Gasteiger partial charge < -0.3 is 9.84 Å². The van der Waals surface area contributed by atoms with Crippen molar-refractivity contribution < 1.29 is 9.84 Å². The molecule has 1 aromatic carbocycles. The maximum absolute atomic E-state index is 9.51. The molecule has 2 aromatic rings. The highest BCUT2D eigenvalue weighted by Crippen LogP contribution is 2.23. The van der Waals surface area contributed by atoms with E-state index >= 15 is 0 Å². The number of benzene rings is 1. The maximum atomic E-state index is 9.51. The van der Waals surface area contributed by atoms with Gasteiger partial charge in [0.2, 0.25) is 5.88 Å². The minimum atomic E-state index is -0.516. The van der Waals surface area contributed by atoms with E-state index in [1.54, 1.807) is 25.3 Å². The van der Waals surface area contributed by atoms with Crippen LogP contribution >= 0.6 is 0 Å². The molecule has 1 N–H and O–H groups in total. The summed E-state index contributed by atoms with van der Waals surface area (Å²) in [4.78, 5) is 4.14. The zero-order valence-corrected chi connectivity index (χ0v) is 10.6. The molecule has 0 aliphatic heterocycles. The quantitative estimate of drug-likeness (QED) is 0.893. The molecule has 0 fully saturated rings. The van der Waals surface area contributed by atoms with Crippen molar-refractivity contribution in [1.82, 2.24) is 4.98 Å². The zero-order valence-electron chi connectivity index (χ0n) is 10.6. The Morgan fingerprint density at radius 3 is 2.83 bits per heavy atom. The van der Waals surface area contributed by atoms with Crippen molar-refractivity contribution in [2.75, 3.05) is 0 Å². The van der Waals surface area contributed by atoms with Crippen molar-refractivity contribution in [2.45, 2.75) is 26.4 Å². The van der Waals surface area contributed by atoms with Crippen molar-refractivity contribution in [1.29, 1.82) is 0 Å². The van der Waals surface area contributed by atoms with Crippen molar-refractivity contribution in [3.05, 3.63) is 53.7 Å². The van der Waals surface area contributed by atoms with E-state index in [0.717, 1.165) is 17.7 Å². The molecule has 3 nitrogen and oxygen atoms in total. The van der Waals surface area contributed by atoms with Crippen LogP contribution in [0.1, 0.15) is 31.1 Å². The Kier molecular flexibility index (Phi) is 3.95. The SMILES string of the molecule is CCc1cccc(Oc2cc(C(C)O)ccn2)c1. The molecule has 1 heterocycles. The predicted molar refractivity (Wildman–Crippen MR) is 70.8 cm³/mol. The lowest BCUT2D eigenvalue weighted by atomic mass is 10.1. The first-order chi connectivity index (χ1) is 8.69. The van der Waals surface area contributed by atoms with Gasteiger partial charge in [-0.25, -0.2) is 4.98 Å². The molecule has 0 spiro atoms. The molecule has 1 aromatic heterocycles. The average molecular weight is 243 g/mol. The fourth-order valence-corrected chi connectivity index (χ4v) is 1.69. The van der Waals surface area contributed by atoms with Gasteiger partial charge in [0.1, 0.15) is 5.75 Å². The highest BCUT2D eigenvalue weighted by Gasteiger charge is 2.04. The van der Waals surface area contributed by atoms with Gasteiger partial charge in [-0.15, -0.1) is 0 Å². The van der Waals surface area contributed by atoms with Gasteiger partial charge in [-0.05, 0) is 42.7 Å². The number of ether oxygens (including phenoxy) is 1. The van der Waals surface area contributed by atoms with Crippen LogP contribution in [0.3, 0.4) is 0 Å². The minimum Gasteiger partial charge on any atom is -0.439 e. The molecule has 0 amide bonds. The number of aliphatic hydroxyl groups excluding tert-OH is 1. The van der Waals surface area contributed by atoms with E-state index in [4.69, 9.17) is 4.74 Å². The maximum Gasteiger partial charge on any atom is 0.219 e. The van der Waals surface area contributed by atoms with Crippen LogP contribution in [0.2, 0.25) is 0 Å². The van der Waals surface area contributed by atoms with Crippen molar-refractivity contribution in [2.24, 2.45) is 0 Å². The van der Waals surface area contributed by atoms with E-state index in [2.05, 4.69) is 18.0 Å². The third-order valence-corrected chi connectivity index (χ3v) is 2.77. The fraction of sp³-hybridized carbons (Fsp3) is 0.267. The molecular formula is C15H17NO2. The van der Waals surface area contributed by atoms with Crippen LogP contribution in [0.15, 0.2) is 42.6 Å². The van der Waals surface area contributed by atoms with Crippen LogP contribution in [0, 0.1) is 0 Å². The summed E-state index contributed by atoms with van der Waals surface area (Å²) in [5.41, 5.74) is 2.02. The number of aromatic nitrogens is 1. The molecule has 3 heteroatoms. The zero-order chi connectivity index (χ0) is 13.0. The predicted octanol–water partition coefficient (Wildman–Crippen LogP) is 3.49. The summed E-state index contributed by atoms with van der Waals surface area (Å²) in [6.45, 7) is 3.82. The second kappa shape index (κ2) is 5.65. The Hall–Kier alpha value is -1.87. The molecule has 0 saturated carbocycles.